The number of β-lactam (4-membered cyclic amide) rings is 1. The van der Waals surface area contributed by atoms with Gasteiger partial charge in [-0.25, -0.2) is 0 Å². The number of rotatable bonds is 6. The van der Waals surface area contributed by atoms with Gasteiger partial charge in [-0.1, -0.05) is 6.08 Å². The summed E-state index contributed by atoms with van der Waals surface area (Å²) in [4.78, 5) is 13.7. The average Bonchev–Trinajstić information content (AvgIpc) is 2.45. The van der Waals surface area contributed by atoms with Crippen LogP contribution in [0.3, 0.4) is 0 Å². The molecule has 2 rings (SSSR count). The SMILES string of the molecule is C=C[C@H]1[C@@H](OCOC)C(=O)N1c1ccc(OC)cc1. The van der Waals surface area contributed by atoms with Crippen molar-refractivity contribution < 1.29 is 19.0 Å². The minimum atomic E-state index is -0.514. The zero-order valence-electron chi connectivity index (χ0n) is 11.0. The third-order valence-electron chi connectivity index (χ3n) is 3.05. The fraction of sp³-hybridized carbons (Fsp3) is 0.357. The first kappa shape index (κ1) is 13.6. The Morgan fingerprint density at radius 2 is 2.00 bits per heavy atom. The molecule has 0 radical (unpaired) electrons. The highest BCUT2D eigenvalue weighted by Crippen LogP contribution is 2.31. The van der Waals surface area contributed by atoms with Crippen LogP contribution >= 0.6 is 0 Å². The lowest BCUT2D eigenvalue weighted by Gasteiger charge is -2.44. The van der Waals surface area contributed by atoms with Crippen LogP contribution in [-0.4, -0.2) is 39.1 Å². The van der Waals surface area contributed by atoms with Crippen molar-refractivity contribution in [1.29, 1.82) is 0 Å². The zero-order valence-corrected chi connectivity index (χ0v) is 11.0. The third kappa shape index (κ3) is 2.47. The number of amides is 1. The quantitative estimate of drug-likeness (QED) is 0.444. The molecule has 1 amide bonds. The van der Waals surface area contributed by atoms with Gasteiger partial charge in [0.2, 0.25) is 0 Å². The van der Waals surface area contributed by atoms with Gasteiger partial charge in [0, 0.05) is 12.8 Å². The van der Waals surface area contributed by atoms with E-state index >= 15 is 0 Å². The number of nitrogens with zero attached hydrogens (tertiary/aromatic N) is 1. The summed E-state index contributed by atoms with van der Waals surface area (Å²) < 4.78 is 15.2. The lowest BCUT2D eigenvalue weighted by Crippen LogP contribution is -2.65. The number of methoxy groups -OCH3 is 2. The van der Waals surface area contributed by atoms with Crippen molar-refractivity contribution in [2.75, 3.05) is 25.9 Å². The summed E-state index contributed by atoms with van der Waals surface area (Å²) in [6, 6.07) is 7.12. The molecule has 0 saturated carbocycles. The van der Waals surface area contributed by atoms with Crippen LogP contribution in [-0.2, 0) is 14.3 Å². The zero-order chi connectivity index (χ0) is 13.8. The number of benzene rings is 1. The Balaban J connectivity index is 2.11. The molecule has 0 bridgehead atoms. The summed E-state index contributed by atoms with van der Waals surface area (Å²) in [5.74, 6) is 0.658. The molecule has 1 heterocycles. The first-order chi connectivity index (χ1) is 9.22. The highest BCUT2D eigenvalue weighted by atomic mass is 16.7. The van der Waals surface area contributed by atoms with Gasteiger partial charge in [-0.3, -0.25) is 4.79 Å². The number of carbonyl (C=O) groups excluding carboxylic acids is 1. The highest BCUT2D eigenvalue weighted by Gasteiger charge is 2.47. The number of hydrogen-bond acceptors (Lipinski definition) is 4. The van der Waals surface area contributed by atoms with Crippen molar-refractivity contribution in [3.8, 4) is 5.75 Å². The number of anilines is 1. The molecular weight excluding hydrogens is 246 g/mol. The van der Waals surface area contributed by atoms with E-state index in [1.54, 1.807) is 18.1 Å². The van der Waals surface area contributed by atoms with Crippen LogP contribution < -0.4 is 9.64 Å². The van der Waals surface area contributed by atoms with E-state index in [0.717, 1.165) is 11.4 Å². The molecule has 1 aromatic rings. The van der Waals surface area contributed by atoms with Crippen molar-refractivity contribution in [3.63, 3.8) is 0 Å². The maximum Gasteiger partial charge on any atom is 0.259 e. The molecule has 0 unspecified atom stereocenters. The summed E-state index contributed by atoms with van der Waals surface area (Å²) in [7, 11) is 3.12. The molecule has 19 heavy (non-hydrogen) atoms. The summed E-state index contributed by atoms with van der Waals surface area (Å²) in [6.45, 7) is 3.84. The van der Waals surface area contributed by atoms with Crippen molar-refractivity contribution >= 4 is 11.6 Å². The Kier molecular flexibility index (Phi) is 4.19. The first-order valence-corrected chi connectivity index (χ1v) is 5.93. The molecule has 0 aromatic heterocycles. The third-order valence-corrected chi connectivity index (χ3v) is 3.05. The van der Waals surface area contributed by atoms with Gasteiger partial charge in [-0.05, 0) is 24.3 Å². The predicted octanol–water partition coefficient (Wildman–Crippen LogP) is 1.59. The summed E-state index contributed by atoms with van der Waals surface area (Å²) >= 11 is 0. The van der Waals surface area contributed by atoms with E-state index in [4.69, 9.17) is 14.2 Å². The molecule has 0 N–H and O–H groups in total. The van der Waals surface area contributed by atoms with Crippen LogP contribution in [0, 0.1) is 0 Å². The van der Waals surface area contributed by atoms with Crippen molar-refractivity contribution in [2.45, 2.75) is 12.1 Å². The second kappa shape index (κ2) is 5.86. The first-order valence-electron chi connectivity index (χ1n) is 5.93. The maximum absolute atomic E-state index is 12.1. The van der Waals surface area contributed by atoms with Crippen LogP contribution in [0.15, 0.2) is 36.9 Å². The van der Waals surface area contributed by atoms with Gasteiger partial charge in [-0.15, -0.1) is 6.58 Å². The lowest BCUT2D eigenvalue weighted by molar-refractivity contribution is -0.151. The smallest absolute Gasteiger partial charge is 0.259 e. The number of hydrogen-bond donors (Lipinski definition) is 0. The van der Waals surface area contributed by atoms with Gasteiger partial charge in [0.05, 0.1) is 13.2 Å². The van der Waals surface area contributed by atoms with E-state index in [1.165, 1.54) is 7.11 Å². The van der Waals surface area contributed by atoms with Crippen molar-refractivity contribution in [1.82, 2.24) is 0 Å². The molecule has 1 saturated heterocycles. The summed E-state index contributed by atoms with van der Waals surface area (Å²) in [5.41, 5.74) is 0.799. The Labute approximate surface area is 112 Å². The fourth-order valence-electron chi connectivity index (χ4n) is 2.07. The second-order valence-corrected chi connectivity index (χ2v) is 4.13. The molecule has 1 aromatic carbocycles. The van der Waals surface area contributed by atoms with E-state index in [-0.39, 0.29) is 18.7 Å². The monoisotopic (exact) mass is 263 g/mol. The molecule has 0 spiro atoms. The van der Waals surface area contributed by atoms with E-state index in [0.29, 0.717) is 0 Å². The van der Waals surface area contributed by atoms with Crippen LogP contribution in [0.25, 0.3) is 0 Å². The molecule has 1 aliphatic heterocycles. The van der Waals surface area contributed by atoms with Crippen molar-refractivity contribution in [2.24, 2.45) is 0 Å². The molecular formula is C14H17NO4. The summed E-state index contributed by atoms with van der Waals surface area (Å²) in [5, 5.41) is 0. The predicted molar refractivity (Wildman–Crippen MR) is 71.2 cm³/mol. The van der Waals surface area contributed by atoms with Crippen LogP contribution in [0.1, 0.15) is 0 Å². The molecule has 1 fully saturated rings. The largest absolute Gasteiger partial charge is 0.497 e. The van der Waals surface area contributed by atoms with Gasteiger partial charge in [0.15, 0.2) is 6.10 Å². The highest BCUT2D eigenvalue weighted by molar-refractivity contribution is 6.05. The molecule has 2 atom stereocenters. The van der Waals surface area contributed by atoms with Gasteiger partial charge >= 0.3 is 0 Å². The maximum atomic E-state index is 12.1. The van der Waals surface area contributed by atoms with Crippen LogP contribution in [0.4, 0.5) is 5.69 Å². The van der Waals surface area contributed by atoms with E-state index < -0.39 is 6.10 Å². The number of ether oxygens (including phenoxy) is 3. The van der Waals surface area contributed by atoms with Gasteiger partial charge in [0.1, 0.15) is 12.5 Å². The van der Waals surface area contributed by atoms with Gasteiger partial charge < -0.3 is 19.1 Å². The summed E-state index contributed by atoms with van der Waals surface area (Å²) in [6.07, 6.45) is 1.19. The Morgan fingerprint density at radius 1 is 1.32 bits per heavy atom. The van der Waals surface area contributed by atoms with E-state index in [9.17, 15) is 4.79 Å². The topological polar surface area (TPSA) is 48.0 Å². The Bertz CT molecular complexity index is 457. The number of carbonyl (C=O) groups is 1. The Hall–Kier alpha value is -1.85. The lowest BCUT2D eigenvalue weighted by atomic mass is 9.96. The minimum absolute atomic E-state index is 0.0906. The normalized spacial score (nSPS) is 22.0. The van der Waals surface area contributed by atoms with E-state index in [1.807, 2.05) is 24.3 Å². The minimum Gasteiger partial charge on any atom is -0.497 e. The van der Waals surface area contributed by atoms with Crippen LogP contribution in [0.2, 0.25) is 0 Å². The fourth-order valence-corrected chi connectivity index (χ4v) is 2.07. The molecule has 1 aliphatic rings. The molecule has 0 aliphatic carbocycles. The molecule has 102 valence electrons. The van der Waals surface area contributed by atoms with Crippen molar-refractivity contribution in [3.05, 3.63) is 36.9 Å². The second-order valence-electron chi connectivity index (χ2n) is 4.13. The van der Waals surface area contributed by atoms with Gasteiger partial charge in [-0.2, -0.15) is 0 Å². The molecule has 5 heteroatoms. The molecule has 5 nitrogen and oxygen atoms in total. The average molecular weight is 263 g/mol. The van der Waals surface area contributed by atoms with E-state index in [2.05, 4.69) is 6.58 Å². The standard InChI is InChI=1S/C14H17NO4/c1-4-12-13(19-9-17-2)14(16)15(12)10-5-7-11(18-3)8-6-10/h4-8,12-13H,1,9H2,2-3H3/t12-,13+/m0/s1. The Morgan fingerprint density at radius 3 is 2.53 bits per heavy atom. The van der Waals surface area contributed by atoms with Gasteiger partial charge in [0.25, 0.3) is 5.91 Å². The van der Waals surface area contributed by atoms with Crippen LogP contribution in [0.5, 0.6) is 5.75 Å².